The number of carboxylic acid groups (broad SMARTS) is 1. The number of rotatable bonds is 2. The first kappa shape index (κ1) is 11.3. The second-order valence-corrected chi connectivity index (χ2v) is 5.10. The normalized spacial score (nSPS) is 12.9. The maximum atomic E-state index is 11.2. The molecular formula is C13H12N2O2S. The number of aromatic nitrogens is 2. The van der Waals surface area contributed by atoms with E-state index in [-0.39, 0.29) is 5.69 Å². The van der Waals surface area contributed by atoms with Crippen molar-refractivity contribution in [1.29, 1.82) is 0 Å². The smallest absolute Gasteiger partial charge is 0.356 e. The van der Waals surface area contributed by atoms with Gasteiger partial charge in [-0.15, -0.1) is 11.8 Å². The summed E-state index contributed by atoms with van der Waals surface area (Å²) in [5.41, 5.74) is 3.08. The van der Waals surface area contributed by atoms with E-state index >= 15 is 0 Å². The van der Waals surface area contributed by atoms with Crippen molar-refractivity contribution < 1.29 is 9.90 Å². The number of carbonyl (C=O) groups is 1. The topological polar surface area (TPSA) is 55.1 Å². The molecule has 0 unspecified atom stereocenters. The molecule has 1 aromatic carbocycles. The molecule has 0 spiro atoms. The number of aromatic carboxylic acids is 1. The molecule has 0 bridgehead atoms. The van der Waals surface area contributed by atoms with Gasteiger partial charge in [0, 0.05) is 28.3 Å². The van der Waals surface area contributed by atoms with E-state index in [1.807, 2.05) is 25.1 Å². The summed E-state index contributed by atoms with van der Waals surface area (Å²) in [6.45, 7) is 2.65. The minimum absolute atomic E-state index is 0.189. The second kappa shape index (κ2) is 4.17. The Morgan fingerprint density at radius 3 is 3.00 bits per heavy atom. The van der Waals surface area contributed by atoms with E-state index in [1.54, 1.807) is 16.4 Å². The van der Waals surface area contributed by atoms with Crippen LogP contribution >= 0.6 is 11.8 Å². The lowest BCUT2D eigenvalue weighted by Crippen LogP contribution is -2.03. The number of hydrogen-bond donors (Lipinski definition) is 1. The molecule has 92 valence electrons. The number of carboxylic acids is 1. The van der Waals surface area contributed by atoms with Crippen LogP contribution in [0, 0.1) is 0 Å². The SMILES string of the molecule is CCn1nc(C(=O)O)c2c1-c1ccccc1SC2. The molecule has 1 aromatic heterocycles. The third-order valence-electron chi connectivity index (χ3n) is 3.07. The summed E-state index contributed by atoms with van der Waals surface area (Å²) in [4.78, 5) is 12.4. The average Bonchev–Trinajstić information content (AvgIpc) is 2.78. The molecule has 3 rings (SSSR count). The van der Waals surface area contributed by atoms with Crippen LogP contribution in [0.5, 0.6) is 0 Å². The van der Waals surface area contributed by atoms with Crippen molar-refractivity contribution in [1.82, 2.24) is 9.78 Å². The van der Waals surface area contributed by atoms with E-state index in [2.05, 4.69) is 11.2 Å². The maximum absolute atomic E-state index is 11.2. The van der Waals surface area contributed by atoms with E-state index in [0.717, 1.165) is 16.8 Å². The Morgan fingerprint density at radius 1 is 1.50 bits per heavy atom. The Labute approximate surface area is 109 Å². The molecule has 0 radical (unpaired) electrons. The fourth-order valence-electron chi connectivity index (χ4n) is 2.28. The molecule has 1 aliphatic rings. The molecule has 2 aromatic rings. The van der Waals surface area contributed by atoms with Gasteiger partial charge in [0.2, 0.25) is 0 Å². The van der Waals surface area contributed by atoms with Crippen molar-refractivity contribution in [3.05, 3.63) is 35.5 Å². The number of fused-ring (bicyclic) bond motifs is 3. The van der Waals surface area contributed by atoms with E-state index in [1.165, 1.54) is 4.90 Å². The highest BCUT2D eigenvalue weighted by Gasteiger charge is 2.27. The number of aryl methyl sites for hydroxylation is 1. The standard InChI is InChI=1S/C13H12N2O2S/c1-2-15-12-8-5-3-4-6-10(8)18-7-9(12)11(14-15)13(16)17/h3-6H,2,7H2,1H3,(H,16,17). The summed E-state index contributed by atoms with van der Waals surface area (Å²) in [6.07, 6.45) is 0. The fraction of sp³-hybridized carbons (Fsp3) is 0.231. The largest absolute Gasteiger partial charge is 0.476 e. The Morgan fingerprint density at radius 2 is 2.28 bits per heavy atom. The van der Waals surface area contributed by atoms with E-state index in [9.17, 15) is 9.90 Å². The average molecular weight is 260 g/mol. The number of thioether (sulfide) groups is 1. The van der Waals surface area contributed by atoms with Crippen LogP contribution in [0.2, 0.25) is 0 Å². The van der Waals surface area contributed by atoms with Crippen LogP contribution < -0.4 is 0 Å². The minimum Gasteiger partial charge on any atom is -0.476 e. The summed E-state index contributed by atoms with van der Waals surface area (Å²) in [5, 5.41) is 13.4. The summed E-state index contributed by atoms with van der Waals surface area (Å²) in [7, 11) is 0. The van der Waals surface area contributed by atoms with Crippen molar-refractivity contribution in [2.24, 2.45) is 0 Å². The van der Waals surface area contributed by atoms with Crippen LogP contribution in [-0.2, 0) is 12.3 Å². The van der Waals surface area contributed by atoms with Crippen LogP contribution in [0.15, 0.2) is 29.2 Å². The molecule has 0 saturated heterocycles. The minimum atomic E-state index is -0.946. The zero-order valence-electron chi connectivity index (χ0n) is 9.88. The number of benzene rings is 1. The lowest BCUT2D eigenvalue weighted by molar-refractivity contribution is 0.0688. The van der Waals surface area contributed by atoms with Gasteiger partial charge < -0.3 is 5.11 Å². The molecule has 0 fully saturated rings. The molecular weight excluding hydrogens is 248 g/mol. The van der Waals surface area contributed by atoms with Crippen molar-refractivity contribution >= 4 is 17.7 Å². The van der Waals surface area contributed by atoms with E-state index in [4.69, 9.17) is 0 Å². The quantitative estimate of drug-likeness (QED) is 0.902. The van der Waals surface area contributed by atoms with Crippen molar-refractivity contribution in [2.45, 2.75) is 24.1 Å². The molecule has 2 heterocycles. The Balaban J connectivity index is 2.29. The van der Waals surface area contributed by atoms with Crippen molar-refractivity contribution in [2.75, 3.05) is 0 Å². The van der Waals surface area contributed by atoms with Gasteiger partial charge in [-0.2, -0.15) is 5.10 Å². The third-order valence-corrected chi connectivity index (χ3v) is 4.17. The third kappa shape index (κ3) is 1.54. The molecule has 4 nitrogen and oxygen atoms in total. The predicted octanol–water partition coefficient (Wildman–Crippen LogP) is 2.87. The van der Waals surface area contributed by atoms with E-state index in [0.29, 0.717) is 12.3 Å². The number of hydrogen-bond acceptors (Lipinski definition) is 3. The van der Waals surface area contributed by atoms with Gasteiger partial charge >= 0.3 is 5.97 Å². The molecule has 0 atom stereocenters. The fourth-order valence-corrected chi connectivity index (χ4v) is 3.34. The zero-order valence-corrected chi connectivity index (χ0v) is 10.7. The lowest BCUT2D eigenvalue weighted by Gasteiger charge is -2.17. The van der Waals surface area contributed by atoms with Gasteiger partial charge in [-0.25, -0.2) is 4.79 Å². The van der Waals surface area contributed by atoms with Crippen LogP contribution in [0.1, 0.15) is 23.0 Å². The molecule has 0 amide bonds. The van der Waals surface area contributed by atoms with Crippen LogP contribution in [0.4, 0.5) is 0 Å². The summed E-state index contributed by atoms with van der Waals surface area (Å²) in [6, 6.07) is 8.07. The Hall–Kier alpha value is -1.75. The highest BCUT2D eigenvalue weighted by Crippen LogP contribution is 2.42. The Bertz CT molecular complexity index is 634. The van der Waals surface area contributed by atoms with E-state index < -0.39 is 5.97 Å². The van der Waals surface area contributed by atoms with Crippen molar-refractivity contribution in [3.63, 3.8) is 0 Å². The molecule has 0 saturated carbocycles. The lowest BCUT2D eigenvalue weighted by atomic mass is 10.1. The monoisotopic (exact) mass is 260 g/mol. The van der Waals surface area contributed by atoms with Crippen LogP contribution in [0.3, 0.4) is 0 Å². The molecule has 0 aliphatic carbocycles. The molecule has 18 heavy (non-hydrogen) atoms. The predicted molar refractivity (Wildman–Crippen MR) is 69.9 cm³/mol. The van der Waals surface area contributed by atoms with Gasteiger partial charge in [-0.1, -0.05) is 18.2 Å². The summed E-state index contributed by atoms with van der Waals surface area (Å²) >= 11 is 1.67. The highest BCUT2D eigenvalue weighted by atomic mass is 32.2. The highest BCUT2D eigenvalue weighted by molar-refractivity contribution is 7.98. The van der Waals surface area contributed by atoms with Gasteiger partial charge in [0.05, 0.1) is 5.69 Å². The Kier molecular flexibility index (Phi) is 2.63. The van der Waals surface area contributed by atoms with Gasteiger partial charge in [-0.05, 0) is 13.0 Å². The van der Waals surface area contributed by atoms with Gasteiger partial charge in [0.25, 0.3) is 0 Å². The first-order valence-electron chi connectivity index (χ1n) is 5.77. The first-order valence-corrected chi connectivity index (χ1v) is 6.76. The maximum Gasteiger partial charge on any atom is 0.356 e. The van der Waals surface area contributed by atoms with Gasteiger partial charge in [0.1, 0.15) is 0 Å². The van der Waals surface area contributed by atoms with Gasteiger partial charge in [0.15, 0.2) is 5.69 Å². The van der Waals surface area contributed by atoms with Crippen molar-refractivity contribution in [3.8, 4) is 11.3 Å². The zero-order chi connectivity index (χ0) is 12.7. The molecule has 5 heteroatoms. The summed E-state index contributed by atoms with van der Waals surface area (Å²) in [5.74, 6) is -0.271. The van der Waals surface area contributed by atoms with Crippen LogP contribution in [0.25, 0.3) is 11.3 Å². The second-order valence-electron chi connectivity index (χ2n) is 4.08. The van der Waals surface area contributed by atoms with Gasteiger partial charge in [-0.3, -0.25) is 4.68 Å². The first-order chi connectivity index (χ1) is 8.72. The molecule has 1 N–H and O–H groups in total. The molecule has 1 aliphatic heterocycles. The number of nitrogens with zero attached hydrogens (tertiary/aromatic N) is 2. The summed E-state index contributed by atoms with van der Waals surface area (Å²) < 4.78 is 1.79. The van der Waals surface area contributed by atoms with Crippen LogP contribution in [-0.4, -0.2) is 20.9 Å².